The Morgan fingerprint density at radius 1 is 1.56 bits per heavy atom. The van der Waals surface area contributed by atoms with Crippen molar-refractivity contribution in [2.75, 3.05) is 11.5 Å². The van der Waals surface area contributed by atoms with Gasteiger partial charge in [0.2, 0.25) is 5.95 Å². The molecule has 1 aromatic heterocycles. The quantitative estimate of drug-likeness (QED) is 0.787. The molecule has 0 bridgehead atoms. The van der Waals surface area contributed by atoms with Crippen molar-refractivity contribution < 1.29 is 9.90 Å². The molecule has 1 aromatic rings. The monoisotopic (exact) mass is 270 g/mol. The van der Waals surface area contributed by atoms with Crippen LogP contribution in [-0.4, -0.2) is 31.6 Å². The van der Waals surface area contributed by atoms with Crippen molar-refractivity contribution in [2.45, 2.75) is 37.9 Å². The molecule has 0 aromatic carbocycles. The number of nitrogen functional groups attached to an aromatic ring is 1. The van der Waals surface area contributed by atoms with E-state index >= 15 is 0 Å². The Morgan fingerprint density at radius 3 is 2.94 bits per heavy atom. The Hall–Kier alpha value is -1.24. The van der Waals surface area contributed by atoms with E-state index in [1.54, 1.807) is 0 Å². The van der Waals surface area contributed by atoms with E-state index in [0.29, 0.717) is 22.9 Å². The number of rotatable bonds is 5. The predicted molar refractivity (Wildman–Crippen MR) is 69.3 cm³/mol. The molecule has 0 spiro atoms. The second-order valence-corrected chi connectivity index (χ2v) is 5.74. The Labute approximate surface area is 110 Å². The fourth-order valence-electron chi connectivity index (χ4n) is 2.43. The van der Waals surface area contributed by atoms with Gasteiger partial charge in [0, 0.05) is 6.54 Å². The van der Waals surface area contributed by atoms with Crippen LogP contribution in [0.15, 0.2) is 5.16 Å². The highest BCUT2D eigenvalue weighted by Crippen LogP contribution is 2.33. The summed E-state index contributed by atoms with van der Waals surface area (Å²) in [5.41, 5.74) is 5.80. The summed E-state index contributed by atoms with van der Waals surface area (Å²) in [5, 5.41) is 17.1. The number of hydrogen-bond donors (Lipinski definition) is 2. The second kappa shape index (κ2) is 5.60. The lowest BCUT2D eigenvalue weighted by molar-refractivity contribution is -0.133. The minimum atomic E-state index is -0.859. The van der Waals surface area contributed by atoms with Gasteiger partial charge < -0.3 is 10.8 Å². The Kier molecular flexibility index (Phi) is 4.11. The van der Waals surface area contributed by atoms with Crippen LogP contribution >= 0.6 is 11.8 Å². The molecule has 0 saturated heterocycles. The third kappa shape index (κ3) is 2.95. The second-order valence-electron chi connectivity index (χ2n) is 4.80. The number of nitrogens with two attached hydrogens (primary N) is 1. The molecular weight excluding hydrogens is 252 g/mol. The van der Waals surface area contributed by atoms with Gasteiger partial charge in [-0.1, -0.05) is 31.5 Å². The third-order valence-electron chi connectivity index (χ3n) is 3.53. The number of carboxylic acid groups (broad SMARTS) is 1. The lowest BCUT2D eigenvalue weighted by atomic mass is 9.98. The van der Waals surface area contributed by atoms with Crippen LogP contribution in [0, 0.1) is 11.8 Å². The lowest BCUT2D eigenvalue weighted by Crippen LogP contribution is -2.16. The van der Waals surface area contributed by atoms with Crippen LogP contribution in [0.4, 0.5) is 5.95 Å². The SMILES string of the molecule is CC1CCCC1Cn1c(N)nnc1SCC(=O)O. The van der Waals surface area contributed by atoms with E-state index in [9.17, 15) is 4.79 Å². The van der Waals surface area contributed by atoms with E-state index < -0.39 is 5.97 Å². The summed E-state index contributed by atoms with van der Waals surface area (Å²) in [6, 6.07) is 0. The first-order chi connectivity index (χ1) is 8.58. The zero-order valence-electron chi connectivity index (χ0n) is 10.4. The van der Waals surface area contributed by atoms with Gasteiger partial charge >= 0.3 is 5.97 Å². The first-order valence-corrected chi connectivity index (χ1v) is 7.09. The molecule has 1 heterocycles. The number of nitrogens with zero attached hydrogens (tertiary/aromatic N) is 3. The van der Waals surface area contributed by atoms with Gasteiger partial charge in [-0.2, -0.15) is 0 Å². The van der Waals surface area contributed by atoms with Crippen LogP contribution in [0.2, 0.25) is 0 Å². The van der Waals surface area contributed by atoms with Gasteiger partial charge in [0.05, 0.1) is 5.75 Å². The molecule has 2 atom stereocenters. The van der Waals surface area contributed by atoms with Gasteiger partial charge in [-0.15, -0.1) is 10.2 Å². The molecule has 2 unspecified atom stereocenters. The standard InChI is InChI=1S/C11H18N4O2S/c1-7-3-2-4-8(7)5-15-10(12)13-14-11(15)18-6-9(16)17/h7-8H,2-6H2,1H3,(H2,12,13)(H,16,17). The van der Waals surface area contributed by atoms with E-state index in [1.807, 2.05) is 4.57 Å². The van der Waals surface area contributed by atoms with Crippen molar-refractivity contribution in [1.29, 1.82) is 0 Å². The van der Waals surface area contributed by atoms with Crippen LogP contribution in [0.5, 0.6) is 0 Å². The average molecular weight is 270 g/mol. The van der Waals surface area contributed by atoms with E-state index in [1.165, 1.54) is 31.0 Å². The number of aromatic nitrogens is 3. The van der Waals surface area contributed by atoms with Crippen LogP contribution in [0.3, 0.4) is 0 Å². The first kappa shape index (κ1) is 13.2. The summed E-state index contributed by atoms with van der Waals surface area (Å²) in [6.07, 6.45) is 3.71. The van der Waals surface area contributed by atoms with E-state index in [0.717, 1.165) is 6.54 Å². The molecule has 1 aliphatic carbocycles. The molecule has 100 valence electrons. The average Bonchev–Trinajstić information content (AvgIpc) is 2.86. The first-order valence-electron chi connectivity index (χ1n) is 6.11. The van der Waals surface area contributed by atoms with Crippen molar-refractivity contribution in [3.8, 4) is 0 Å². The van der Waals surface area contributed by atoms with E-state index in [-0.39, 0.29) is 5.75 Å². The highest BCUT2D eigenvalue weighted by atomic mass is 32.2. The molecule has 0 amide bonds. The number of hydrogen-bond acceptors (Lipinski definition) is 5. The predicted octanol–water partition coefficient (Wildman–Crippen LogP) is 1.47. The topological polar surface area (TPSA) is 94.0 Å². The summed E-state index contributed by atoms with van der Waals surface area (Å²) in [7, 11) is 0. The summed E-state index contributed by atoms with van der Waals surface area (Å²) in [5.74, 6) is 0.777. The maximum atomic E-state index is 10.6. The maximum absolute atomic E-state index is 10.6. The normalized spacial score (nSPS) is 23.4. The highest BCUT2D eigenvalue weighted by molar-refractivity contribution is 7.99. The van der Waals surface area contributed by atoms with Gasteiger partial charge in [-0.25, -0.2) is 0 Å². The van der Waals surface area contributed by atoms with Gasteiger partial charge in [0.15, 0.2) is 5.16 Å². The van der Waals surface area contributed by atoms with Crippen LogP contribution in [0.1, 0.15) is 26.2 Å². The number of anilines is 1. The lowest BCUT2D eigenvalue weighted by Gasteiger charge is -2.17. The Morgan fingerprint density at radius 2 is 2.33 bits per heavy atom. The number of carbonyl (C=O) groups is 1. The molecule has 1 saturated carbocycles. The van der Waals surface area contributed by atoms with Crippen molar-refractivity contribution in [3.05, 3.63) is 0 Å². The zero-order chi connectivity index (χ0) is 13.1. The van der Waals surface area contributed by atoms with Crippen LogP contribution in [0.25, 0.3) is 0 Å². The maximum Gasteiger partial charge on any atom is 0.313 e. The molecule has 0 radical (unpaired) electrons. The molecule has 3 N–H and O–H groups in total. The van der Waals surface area contributed by atoms with Gasteiger partial charge in [-0.05, 0) is 18.3 Å². The van der Waals surface area contributed by atoms with Crippen LogP contribution < -0.4 is 5.73 Å². The smallest absolute Gasteiger partial charge is 0.313 e. The summed E-state index contributed by atoms with van der Waals surface area (Å²) >= 11 is 1.17. The molecule has 1 aliphatic rings. The minimum Gasteiger partial charge on any atom is -0.481 e. The fourth-order valence-corrected chi connectivity index (χ4v) is 3.11. The Balaban J connectivity index is 2.06. The zero-order valence-corrected chi connectivity index (χ0v) is 11.2. The number of thioether (sulfide) groups is 1. The molecule has 1 fully saturated rings. The van der Waals surface area contributed by atoms with E-state index in [2.05, 4.69) is 17.1 Å². The minimum absolute atomic E-state index is 0.0155. The summed E-state index contributed by atoms with van der Waals surface area (Å²) in [4.78, 5) is 10.6. The third-order valence-corrected chi connectivity index (χ3v) is 4.48. The molecule has 6 nitrogen and oxygen atoms in total. The molecule has 18 heavy (non-hydrogen) atoms. The van der Waals surface area contributed by atoms with Crippen LogP contribution in [-0.2, 0) is 11.3 Å². The molecule has 7 heteroatoms. The summed E-state index contributed by atoms with van der Waals surface area (Å²) in [6.45, 7) is 3.05. The van der Waals surface area contributed by atoms with Crippen molar-refractivity contribution in [3.63, 3.8) is 0 Å². The largest absolute Gasteiger partial charge is 0.481 e. The van der Waals surface area contributed by atoms with Gasteiger partial charge in [-0.3, -0.25) is 9.36 Å². The van der Waals surface area contributed by atoms with Crippen molar-refractivity contribution in [2.24, 2.45) is 11.8 Å². The van der Waals surface area contributed by atoms with Crippen molar-refractivity contribution in [1.82, 2.24) is 14.8 Å². The fraction of sp³-hybridized carbons (Fsp3) is 0.727. The van der Waals surface area contributed by atoms with Crippen molar-refractivity contribution >= 4 is 23.7 Å². The van der Waals surface area contributed by atoms with Gasteiger partial charge in [0.1, 0.15) is 0 Å². The van der Waals surface area contributed by atoms with E-state index in [4.69, 9.17) is 10.8 Å². The van der Waals surface area contributed by atoms with Gasteiger partial charge in [0.25, 0.3) is 0 Å². The molecule has 0 aliphatic heterocycles. The molecule has 2 rings (SSSR count). The summed E-state index contributed by atoms with van der Waals surface area (Å²) < 4.78 is 1.85. The number of aliphatic carboxylic acids is 1. The number of carboxylic acids is 1. The highest BCUT2D eigenvalue weighted by Gasteiger charge is 2.25. The Bertz CT molecular complexity index is 435. The molecular formula is C11H18N4O2S.